The number of fused-ring (bicyclic) bond motifs is 1. The van der Waals surface area contributed by atoms with Crippen LogP contribution in [0, 0.1) is 0 Å². The van der Waals surface area contributed by atoms with Crippen molar-refractivity contribution in [2.75, 3.05) is 0 Å². The zero-order chi connectivity index (χ0) is 7.84. The average Bonchev–Trinajstić information content (AvgIpc) is 2.34. The standard InChI is InChI=1S/C5H5N5O.BrH/c6-5-9-3-2(4(11)10-5)7-1-8-3;/h1H,(H4,6,7,8,9,10,11);1H. The largest absolute Gasteiger partial charge is 1.00 e. The number of imidazole rings is 1. The van der Waals surface area contributed by atoms with Gasteiger partial charge in [0, 0.05) is 0 Å². The monoisotopic (exact) mass is 231 g/mol. The number of carbonyl (C=O) groups is 1. The van der Waals surface area contributed by atoms with Gasteiger partial charge in [0.15, 0.2) is 11.5 Å². The lowest BCUT2D eigenvalue weighted by atomic mass is 10.4. The summed E-state index contributed by atoms with van der Waals surface area (Å²) < 4.78 is 0. The van der Waals surface area contributed by atoms with E-state index in [9.17, 15) is 4.79 Å². The van der Waals surface area contributed by atoms with E-state index in [1.807, 2.05) is 0 Å². The number of amides is 1. The predicted octanol–water partition coefficient (Wildman–Crippen LogP) is -4.92. The molecule has 1 aliphatic rings. The average molecular weight is 232 g/mol. The van der Waals surface area contributed by atoms with Crippen molar-refractivity contribution < 1.29 is 27.1 Å². The molecule has 0 bridgehead atoms. The number of aliphatic imine (C=N–C) groups is 1. The first-order valence-electron chi connectivity index (χ1n) is 3.04. The molecule has 2 heterocycles. The van der Waals surface area contributed by atoms with Crippen LogP contribution in [0.1, 0.15) is 10.5 Å². The highest BCUT2D eigenvalue weighted by Gasteiger charge is 2.24. The maximum atomic E-state index is 11.1. The van der Waals surface area contributed by atoms with E-state index >= 15 is 0 Å². The molecule has 0 saturated carbocycles. The van der Waals surface area contributed by atoms with E-state index in [0.717, 1.165) is 0 Å². The molecule has 1 aromatic heterocycles. The highest BCUT2D eigenvalue weighted by Crippen LogP contribution is 2.12. The van der Waals surface area contributed by atoms with Gasteiger partial charge in [-0.25, -0.2) is 15.1 Å². The molecule has 0 aliphatic carbocycles. The van der Waals surface area contributed by atoms with Crippen LogP contribution in [0.4, 0.5) is 5.82 Å². The van der Waals surface area contributed by atoms with Crippen molar-refractivity contribution in [1.29, 1.82) is 0 Å². The summed E-state index contributed by atoms with van der Waals surface area (Å²) in [6.45, 7) is 0. The second-order valence-electron chi connectivity index (χ2n) is 2.15. The van der Waals surface area contributed by atoms with Crippen LogP contribution in [-0.2, 0) is 0 Å². The van der Waals surface area contributed by atoms with E-state index in [1.165, 1.54) is 11.6 Å². The van der Waals surface area contributed by atoms with Gasteiger partial charge >= 0.3 is 11.9 Å². The Bertz CT molecular complexity index is 343. The number of nitrogens with two attached hydrogens (primary N) is 2. The third-order valence-electron chi connectivity index (χ3n) is 1.38. The van der Waals surface area contributed by atoms with Crippen molar-refractivity contribution >= 4 is 17.7 Å². The highest BCUT2D eigenvalue weighted by atomic mass is 79.9. The van der Waals surface area contributed by atoms with E-state index in [4.69, 9.17) is 5.73 Å². The SMILES string of the molecule is NC1=Nc2nc[nH]c2C(=O)[NH2+]1.[Br-]. The number of carbonyl (C=O) groups excluding carboxylic acids is 1. The maximum Gasteiger partial charge on any atom is 0.370 e. The number of nitrogens with zero attached hydrogens (tertiary/aromatic N) is 2. The third-order valence-corrected chi connectivity index (χ3v) is 1.38. The Morgan fingerprint density at radius 3 is 3.08 bits per heavy atom. The lowest BCUT2D eigenvalue weighted by Gasteiger charge is -2.01. The number of guanidine groups is 1. The number of primary amides is 1. The number of halogens is 1. The Labute approximate surface area is 78.0 Å². The summed E-state index contributed by atoms with van der Waals surface area (Å²) in [6.07, 6.45) is 1.42. The highest BCUT2D eigenvalue weighted by molar-refractivity contribution is 5.98. The minimum atomic E-state index is -0.176. The normalized spacial score (nSPS) is 14.7. The molecule has 0 unspecified atom stereocenters. The van der Waals surface area contributed by atoms with Crippen LogP contribution < -0.4 is 28.0 Å². The Hall–Kier alpha value is -1.21. The molecular weight excluding hydrogens is 226 g/mol. The summed E-state index contributed by atoms with van der Waals surface area (Å²) in [5, 5.41) is 1.26. The van der Waals surface area contributed by atoms with Gasteiger partial charge in [0.1, 0.15) is 0 Å². The molecule has 6 nitrogen and oxygen atoms in total. The van der Waals surface area contributed by atoms with Gasteiger partial charge in [-0.05, 0) is 0 Å². The van der Waals surface area contributed by atoms with Crippen molar-refractivity contribution in [2.45, 2.75) is 0 Å². The van der Waals surface area contributed by atoms with Crippen LogP contribution in [0.15, 0.2) is 11.3 Å². The van der Waals surface area contributed by atoms with E-state index < -0.39 is 0 Å². The molecule has 0 aromatic carbocycles. The molecule has 5 N–H and O–H groups in total. The Balaban J connectivity index is 0.000000720. The number of aromatic nitrogens is 2. The van der Waals surface area contributed by atoms with Crippen molar-refractivity contribution in [3.8, 4) is 0 Å². The van der Waals surface area contributed by atoms with E-state index in [-0.39, 0.29) is 28.8 Å². The summed E-state index contributed by atoms with van der Waals surface area (Å²) in [6, 6.07) is 0. The zero-order valence-electron chi connectivity index (χ0n) is 5.91. The molecule has 0 spiro atoms. The first kappa shape index (κ1) is 8.88. The Morgan fingerprint density at radius 1 is 1.58 bits per heavy atom. The molecule has 1 aliphatic heterocycles. The molecule has 2 rings (SSSR count). The van der Waals surface area contributed by atoms with Crippen LogP contribution in [-0.4, -0.2) is 21.8 Å². The van der Waals surface area contributed by atoms with E-state index in [1.54, 1.807) is 0 Å². The molecule has 0 saturated heterocycles. The van der Waals surface area contributed by atoms with Gasteiger partial charge in [-0.15, -0.1) is 0 Å². The summed E-state index contributed by atoms with van der Waals surface area (Å²) in [7, 11) is 0. The van der Waals surface area contributed by atoms with Crippen molar-refractivity contribution in [3.05, 3.63) is 12.0 Å². The quantitative estimate of drug-likeness (QED) is 0.417. The first-order valence-corrected chi connectivity index (χ1v) is 3.04. The number of quaternary nitrogens is 1. The van der Waals surface area contributed by atoms with Crippen molar-refractivity contribution in [1.82, 2.24) is 9.97 Å². The lowest BCUT2D eigenvalue weighted by Crippen LogP contribution is -3.00. The molecule has 1 amide bonds. The van der Waals surface area contributed by atoms with Gasteiger partial charge in [-0.3, -0.25) is 0 Å². The second-order valence-corrected chi connectivity index (χ2v) is 2.15. The van der Waals surface area contributed by atoms with Gasteiger partial charge < -0.3 is 27.7 Å². The molecule has 7 heteroatoms. The van der Waals surface area contributed by atoms with Gasteiger partial charge in [0.05, 0.1) is 6.33 Å². The Kier molecular flexibility index (Phi) is 2.25. The summed E-state index contributed by atoms with van der Waals surface area (Å²) in [4.78, 5) is 21.4. The fraction of sp³-hybridized carbons (Fsp3) is 0. The molecule has 12 heavy (non-hydrogen) atoms. The van der Waals surface area contributed by atoms with Gasteiger partial charge in [-0.1, -0.05) is 0 Å². The number of rotatable bonds is 0. The van der Waals surface area contributed by atoms with Crippen molar-refractivity contribution in [3.63, 3.8) is 0 Å². The molecule has 0 fully saturated rings. The first-order chi connectivity index (χ1) is 5.27. The molecule has 0 radical (unpaired) electrons. The molecule has 1 aromatic rings. The predicted molar refractivity (Wildman–Crippen MR) is 36.1 cm³/mol. The fourth-order valence-electron chi connectivity index (χ4n) is 0.914. The number of hydrogen-bond acceptors (Lipinski definition) is 4. The van der Waals surface area contributed by atoms with E-state index in [0.29, 0.717) is 11.5 Å². The minimum absolute atomic E-state index is 0. The van der Waals surface area contributed by atoms with Gasteiger partial charge in [0.2, 0.25) is 0 Å². The number of hydrogen-bond donors (Lipinski definition) is 3. The number of H-pyrrole nitrogens is 1. The molecule has 64 valence electrons. The molecular formula is C5H6BrN5O. The number of aromatic amines is 1. The van der Waals surface area contributed by atoms with Crippen molar-refractivity contribution in [2.24, 2.45) is 10.7 Å². The molecule has 0 atom stereocenters. The maximum absolute atomic E-state index is 11.1. The summed E-state index contributed by atoms with van der Waals surface area (Å²) >= 11 is 0. The smallest absolute Gasteiger partial charge is 0.370 e. The van der Waals surface area contributed by atoms with Crippen LogP contribution >= 0.6 is 0 Å². The lowest BCUT2D eigenvalue weighted by molar-refractivity contribution is -0.433. The second kappa shape index (κ2) is 3.03. The Morgan fingerprint density at radius 2 is 2.33 bits per heavy atom. The zero-order valence-corrected chi connectivity index (χ0v) is 7.50. The fourth-order valence-corrected chi connectivity index (χ4v) is 0.914. The minimum Gasteiger partial charge on any atom is -1.00 e. The van der Waals surface area contributed by atoms with Crippen LogP contribution in [0.25, 0.3) is 0 Å². The topological polar surface area (TPSA) is 101 Å². The van der Waals surface area contributed by atoms with Crippen LogP contribution in [0.3, 0.4) is 0 Å². The summed E-state index contributed by atoms with van der Waals surface area (Å²) in [5.41, 5.74) is 5.72. The van der Waals surface area contributed by atoms with Gasteiger partial charge in [0.25, 0.3) is 0 Å². The van der Waals surface area contributed by atoms with Crippen LogP contribution in [0.2, 0.25) is 0 Å². The van der Waals surface area contributed by atoms with E-state index in [2.05, 4.69) is 15.0 Å². The number of nitrogens with one attached hydrogen (secondary N) is 1. The van der Waals surface area contributed by atoms with Gasteiger partial charge in [-0.2, -0.15) is 4.99 Å². The summed E-state index contributed by atoms with van der Waals surface area (Å²) in [5.74, 6) is 0.398. The third kappa shape index (κ3) is 1.23. The van der Waals surface area contributed by atoms with Crippen LogP contribution in [0.5, 0.6) is 0 Å².